The Balaban J connectivity index is 1.94. The number of hydrogen-bond donors (Lipinski definition) is 0. The van der Waals surface area contributed by atoms with Crippen LogP contribution >= 0.6 is 0 Å². The Kier molecular flexibility index (Phi) is 8.60. The largest absolute Gasteiger partial charge is 0.497 e. The summed E-state index contributed by atoms with van der Waals surface area (Å²) in [6, 6.07) is 17.1. The topological polar surface area (TPSA) is 78.0 Å². The molecule has 0 radical (unpaired) electrons. The summed E-state index contributed by atoms with van der Waals surface area (Å²) >= 11 is 0. The van der Waals surface area contributed by atoms with Crippen molar-refractivity contribution in [2.24, 2.45) is 0 Å². The molecule has 0 saturated heterocycles. The van der Waals surface area contributed by atoms with E-state index in [4.69, 9.17) is 14.2 Å². The number of methoxy groups -OCH3 is 3. The normalized spacial score (nSPS) is 13.5. The average Bonchev–Trinajstić information content (AvgIpc) is 2.86. The van der Waals surface area contributed by atoms with E-state index in [2.05, 4.69) is 4.98 Å². The number of benzene rings is 2. The van der Waals surface area contributed by atoms with Crippen LogP contribution in [0.2, 0.25) is 0 Å². The zero-order valence-electron chi connectivity index (χ0n) is 19.6. The fraction of sp³-hybridized carbons (Fsp3) is 0.320. The highest BCUT2D eigenvalue weighted by Crippen LogP contribution is 2.29. The van der Waals surface area contributed by atoms with Crippen LogP contribution in [0.3, 0.4) is 0 Å². The molecule has 0 aliphatic rings. The van der Waals surface area contributed by atoms with Crippen molar-refractivity contribution < 1.29 is 27.0 Å². The molecule has 3 aromatic rings. The molecule has 0 unspecified atom stereocenters. The van der Waals surface area contributed by atoms with Gasteiger partial charge in [-0.15, -0.1) is 0 Å². The van der Waals surface area contributed by atoms with Gasteiger partial charge in [0.15, 0.2) is 0 Å². The fourth-order valence-electron chi connectivity index (χ4n) is 3.60. The van der Waals surface area contributed by atoms with Crippen LogP contribution in [-0.4, -0.2) is 44.3 Å². The van der Waals surface area contributed by atoms with Crippen molar-refractivity contribution in [3.05, 3.63) is 89.5 Å². The van der Waals surface area contributed by atoms with Crippen molar-refractivity contribution >= 4 is 10.0 Å². The molecule has 0 bridgehead atoms. The molecular formula is C25H29FN2O5S. The predicted octanol–water partition coefficient (Wildman–Crippen LogP) is 4.35. The molecule has 0 N–H and O–H groups in total. The molecule has 0 amide bonds. The summed E-state index contributed by atoms with van der Waals surface area (Å²) in [4.78, 5) is 4.04. The maximum Gasteiger partial charge on any atom is 0.220 e. The first-order chi connectivity index (χ1) is 16.3. The number of aromatic nitrogens is 1. The fourth-order valence-corrected chi connectivity index (χ4v) is 5.30. The van der Waals surface area contributed by atoms with Crippen LogP contribution in [0.4, 0.5) is 4.39 Å². The molecule has 0 spiro atoms. The van der Waals surface area contributed by atoms with Crippen LogP contribution in [0.15, 0.2) is 66.9 Å². The Morgan fingerprint density at radius 2 is 1.35 bits per heavy atom. The summed E-state index contributed by atoms with van der Waals surface area (Å²) in [7, 11) is 0.679. The van der Waals surface area contributed by atoms with Crippen molar-refractivity contribution in [3.8, 4) is 11.5 Å². The first kappa shape index (κ1) is 25.6. The van der Waals surface area contributed by atoms with Crippen LogP contribution in [-0.2, 0) is 27.8 Å². The molecular weight excluding hydrogens is 459 g/mol. The van der Waals surface area contributed by atoms with E-state index in [0.717, 1.165) is 17.3 Å². The van der Waals surface area contributed by atoms with Gasteiger partial charge in [0.25, 0.3) is 0 Å². The third-order valence-electron chi connectivity index (χ3n) is 5.59. The summed E-state index contributed by atoms with van der Waals surface area (Å²) < 4.78 is 58.3. The third-order valence-corrected chi connectivity index (χ3v) is 7.75. The molecule has 3 rings (SSSR count). The number of halogens is 1. The molecule has 9 heteroatoms. The number of ether oxygens (including phenoxy) is 3. The smallest absolute Gasteiger partial charge is 0.220 e. The monoisotopic (exact) mass is 488 g/mol. The van der Waals surface area contributed by atoms with Gasteiger partial charge in [0.1, 0.15) is 28.7 Å². The van der Waals surface area contributed by atoms with E-state index in [1.54, 1.807) is 45.4 Å². The first-order valence-electron chi connectivity index (χ1n) is 10.7. The zero-order valence-corrected chi connectivity index (χ0v) is 20.5. The van der Waals surface area contributed by atoms with Crippen LogP contribution in [0, 0.1) is 5.82 Å². The Labute approximate surface area is 200 Å². The van der Waals surface area contributed by atoms with E-state index >= 15 is 0 Å². The van der Waals surface area contributed by atoms with Gasteiger partial charge >= 0.3 is 0 Å². The zero-order chi connectivity index (χ0) is 24.7. The SMILES string of the molecule is COc1ccc(CN(Cc2ccc(OC)cc2)S(=O)(=O)[C@H](C)[C@H](OC)c2ccc(F)cn2)cc1. The number of sulfonamides is 1. The van der Waals surface area contributed by atoms with Gasteiger partial charge in [0.05, 0.1) is 26.1 Å². The van der Waals surface area contributed by atoms with Crippen LogP contribution in [0.1, 0.15) is 29.8 Å². The second-order valence-electron chi connectivity index (χ2n) is 7.77. The summed E-state index contributed by atoms with van der Waals surface area (Å²) in [6.07, 6.45) is 0.174. The molecule has 34 heavy (non-hydrogen) atoms. The van der Waals surface area contributed by atoms with Gasteiger partial charge in [0.2, 0.25) is 10.0 Å². The Morgan fingerprint density at radius 1 is 0.853 bits per heavy atom. The molecule has 1 heterocycles. The van der Waals surface area contributed by atoms with Crippen LogP contribution in [0.5, 0.6) is 11.5 Å². The van der Waals surface area contributed by atoms with E-state index in [9.17, 15) is 12.8 Å². The Hall–Kier alpha value is -3.01. The van der Waals surface area contributed by atoms with Crippen LogP contribution < -0.4 is 9.47 Å². The third kappa shape index (κ3) is 6.11. The Morgan fingerprint density at radius 3 is 1.74 bits per heavy atom. The van der Waals surface area contributed by atoms with Crippen LogP contribution in [0.25, 0.3) is 0 Å². The second kappa shape index (κ2) is 11.4. The van der Waals surface area contributed by atoms with Crippen molar-refractivity contribution in [2.75, 3.05) is 21.3 Å². The predicted molar refractivity (Wildman–Crippen MR) is 128 cm³/mol. The number of hydrogen-bond acceptors (Lipinski definition) is 6. The van der Waals surface area contributed by atoms with Gasteiger partial charge in [-0.05, 0) is 54.4 Å². The van der Waals surface area contributed by atoms with E-state index in [0.29, 0.717) is 17.2 Å². The lowest BCUT2D eigenvalue weighted by molar-refractivity contribution is 0.0967. The molecule has 0 fully saturated rings. The molecule has 2 atom stereocenters. The summed E-state index contributed by atoms with van der Waals surface area (Å²) in [5.74, 6) is 0.863. The van der Waals surface area contributed by atoms with Gasteiger partial charge in [-0.3, -0.25) is 4.98 Å². The lowest BCUT2D eigenvalue weighted by atomic mass is 10.2. The Bertz CT molecular complexity index is 1100. The van der Waals surface area contributed by atoms with E-state index < -0.39 is 27.2 Å². The minimum atomic E-state index is -3.89. The molecule has 2 aromatic carbocycles. The minimum absolute atomic E-state index is 0.149. The number of rotatable bonds is 11. The molecule has 182 valence electrons. The lowest BCUT2D eigenvalue weighted by Gasteiger charge is -2.30. The van der Waals surface area contributed by atoms with Crippen molar-refractivity contribution in [1.82, 2.24) is 9.29 Å². The average molecular weight is 489 g/mol. The highest BCUT2D eigenvalue weighted by Gasteiger charge is 2.36. The standard InChI is InChI=1S/C25H29FN2O5S/c1-18(25(33-4)24-14-9-21(26)15-27-24)34(29,30)28(16-19-5-10-22(31-2)11-6-19)17-20-7-12-23(32-3)13-8-20/h5-15,18,25H,16-17H2,1-4H3/t18-,25+/m1/s1. The maximum atomic E-state index is 13.8. The number of nitrogens with zero attached hydrogens (tertiary/aromatic N) is 2. The van der Waals surface area contributed by atoms with Crippen molar-refractivity contribution in [3.63, 3.8) is 0 Å². The molecule has 0 aliphatic carbocycles. The molecule has 0 aliphatic heterocycles. The van der Waals surface area contributed by atoms with E-state index in [1.807, 2.05) is 24.3 Å². The number of pyridine rings is 1. The highest BCUT2D eigenvalue weighted by atomic mass is 32.2. The van der Waals surface area contributed by atoms with E-state index in [-0.39, 0.29) is 13.1 Å². The second-order valence-corrected chi connectivity index (χ2v) is 10.1. The summed E-state index contributed by atoms with van der Waals surface area (Å²) in [5, 5.41) is -0.980. The summed E-state index contributed by atoms with van der Waals surface area (Å²) in [6.45, 7) is 1.87. The first-order valence-corrected chi connectivity index (χ1v) is 12.2. The highest BCUT2D eigenvalue weighted by molar-refractivity contribution is 7.89. The quantitative estimate of drug-likeness (QED) is 0.399. The summed E-state index contributed by atoms with van der Waals surface area (Å²) in [5.41, 5.74) is 1.95. The molecule has 7 nitrogen and oxygen atoms in total. The molecule has 1 aromatic heterocycles. The van der Waals surface area contributed by atoms with Crippen molar-refractivity contribution in [1.29, 1.82) is 0 Å². The minimum Gasteiger partial charge on any atom is -0.497 e. The van der Waals surface area contributed by atoms with Gasteiger partial charge in [-0.1, -0.05) is 24.3 Å². The van der Waals surface area contributed by atoms with Gasteiger partial charge in [0, 0.05) is 20.2 Å². The maximum absolute atomic E-state index is 13.8. The van der Waals surface area contributed by atoms with Gasteiger partial charge in [-0.2, -0.15) is 4.31 Å². The molecule has 0 saturated carbocycles. The van der Waals surface area contributed by atoms with Crippen molar-refractivity contribution in [2.45, 2.75) is 31.4 Å². The van der Waals surface area contributed by atoms with Gasteiger partial charge in [-0.25, -0.2) is 12.8 Å². The van der Waals surface area contributed by atoms with E-state index in [1.165, 1.54) is 23.5 Å². The lowest BCUT2D eigenvalue weighted by Crippen LogP contribution is -2.40. The van der Waals surface area contributed by atoms with Gasteiger partial charge < -0.3 is 14.2 Å².